The van der Waals surface area contributed by atoms with E-state index in [4.69, 9.17) is 14.9 Å². The van der Waals surface area contributed by atoms with Crippen molar-refractivity contribution in [1.82, 2.24) is 0 Å². The highest BCUT2D eigenvalue weighted by atomic mass is 32.1. The third-order valence-electron chi connectivity index (χ3n) is 2.21. The summed E-state index contributed by atoms with van der Waals surface area (Å²) in [4.78, 5) is 29.3. The second kappa shape index (κ2) is 4.23. The molecule has 0 amide bonds. The van der Waals surface area contributed by atoms with Gasteiger partial charge in [-0.05, 0) is 29.7 Å². The van der Waals surface area contributed by atoms with Crippen molar-refractivity contribution in [3.63, 3.8) is 0 Å². The second-order valence-electron chi connectivity index (χ2n) is 3.55. The van der Waals surface area contributed by atoms with E-state index in [1.165, 1.54) is 23.5 Å². The van der Waals surface area contributed by atoms with Crippen molar-refractivity contribution in [2.75, 3.05) is 0 Å². The third-order valence-corrected chi connectivity index (χ3v) is 4.28. The number of rotatable bonds is 3. The van der Waals surface area contributed by atoms with Gasteiger partial charge >= 0.3 is 13.6 Å². The van der Waals surface area contributed by atoms with Crippen LogP contribution in [0.2, 0.25) is 0 Å². The Morgan fingerprint density at radius 3 is 2.59 bits per heavy atom. The van der Waals surface area contributed by atoms with Crippen LogP contribution in [0, 0.1) is 0 Å². The number of carboxylic acid groups (broad SMARTS) is 1. The van der Waals surface area contributed by atoms with Gasteiger partial charge in [0.05, 0.1) is 11.7 Å². The molecule has 3 N–H and O–H groups in total. The van der Waals surface area contributed by atoms with Crippen LogP contribution in [0.3, 0.4) is 0 Å². The summed E-state index contributed by atoms with van der Waals surface area (Å²) < 4.78 is 11.9. The smallest absolute Gasteiger partial charge is 0.356 e. The van der Waals surface area contributed by atoms with Crippen LogP contribution >= 0.6 is 18.9 Å². The molecule has 1 heterocycles. The molecular weight excluding hydrogens is 263 g/mol. The van der Waals surface area contributed by atoms with E-state index in [1.807, 2.05) is 0 Å². The fraction of sp³-hybridized carbons (Fsp3) is 0.100. The van der Waals surface area contributed by atoms with Gasteiger partial charge in [0, 0.05) is 9.58 Å². The number of aliphatic carboxylic acids is 1. The van der Waals surface area contributed by atoms with Crippen LogP contribution in [0.5, 0.6) is 0 Å². The van der Waals surface area contributed by atoms with Crippen LogP contribution in [0.4, 0.5) is 0 Å². The molecule has 2 aromatic rings. The standard InChI is InChI=1S/C10H9O5PS/c11-10(12)5-8-4-6-3-7(16(13,14)15)1-2-9(6)17-8/h1-4H,5H2,(H,11,12)(H2,13,14,15). The fourth-order valence-corrected chi connectivity index (χ4v) is 3.11. The van der Waals surface area contributed by atoms with E-state index in [2.05, 4.69) is 0 Å². The molecule has 1 aromatic carbocycles. The van der Waals surface area contributed by atoms with Crippen LogP contribution in [0.15, 0.2) is 24.3 Å². The molecule has 0 aliphatic rings. The Labute approximate surface area is 100 Å². The Morgan fingerprint density at radius 1 is 1.29 bits per heavy atom. The molecule has 0 atom stereocenters. The first-order valence-corrected chi connectivity index (χ1v) is 7.09. The van der Waals surface area contributed by atoms with Crippen LogP contribution in [-0.4, -0.2) is 20.9 Å². The minimum Gasteiger partial charge on any atom is -0.481 e. The number of carbonyl (C=O) groups is 1. The molecule has 2 rings (SSSR count). The molecule has 0 saturated carbocycles. The summed E-state index contributed by atoms with van der Waals surface area (Å²) in [6, 6.07) is 6.01. The number of hydrogen-bond donors (Lipinski definition) is 3. The Hall–Kier alpha value is -1.20. The summed E-state index contributed by atoms with van der Waals surface area (Å²) >= 11 is 1.31. The van der Waals surface area contributed by atoms with Gasteiger partial charge in [0.15, 0.2) is 0 Å². The fourth-order valence-electron chi connectivity index (χ4n) is 1.50. The van der Waals surface area contributed by atoms with Gasteiger partial charge in [-0.1, -0.05) is 0 Å². The summed E-state index contributed by atoms with van der Waals surface area (Å²) in [5.74, 6) is -0.924. The van der Waals surface area contributed by atoms with Gasteiger partial charge in [0.1, 0.15) is 0 Å². The molecule has 0 bridgehead atoms. The van der Waals surface area contributed by atoms with Crippen molar-refractivity contribution in [2.45, 2.75) is 6.42 Å². The topological polar surface area (TPSA) is 94.8 Å². The molecule has 90 valence electrons. The quantitative estimate of drug-likeness (QED) is 0.733. The maximum atomic E-state index is 11.1. The summed E-state index contributed by atoms with van der Waals surface area (Å²) in [7, 11) is -4.25. The number of benzene rings is 1. The van der Waals surface area contributed by atoms with Crippen molar-refractivity contribution in [3.05, 3.63) is 29.1 Å². The van der Waals surface area contributed by atoms with Gasteiger partial charge < -0.3 is 14.9 Å². The lowest BCUT2D eigenvalue weighted by Crippen LogP contribution is -2.01. The summed E-state index contributed by atoms with van der Waals surface area (Å²) in [6.45, 7) is 0. The Morgan fingerprint density at radius 2 is 2.00 bits per heavy atom. The number of carboxylic acids is 1. The van der Waals surface area contributed by atoms with Crippen molar-refractivity contribution in [1.29, 1.82) is 0 Å². The lowest BCUT2D eigenvalue weighted by atomic mass is 10.2. The van der Waals surface area contributed by atoms with Crippen LogP contribution in [0.25, 0.3) is 10.1 Å². The van der Waals surface area contributed by atoms with Crippen molar-refractivity contribution >= 4 is 40.3 Å². The van der Waals surface area contributed by atoms with E-state index >= 15 is 0 Å². The Kier molecular flexibility index (Phi) is 3.05. The maximum Gasteiger partial charge on any atom is 0.356 e. The average molecular weight is 272 g/mol. The van der Waals surface area contributed by atoms with E-state index in [1.54, 1.807) is 12.1 Å². The van der Waals surface area contributed by atoms with E-state index < -0.39 is 13.6 Å². The third kappa shape index (κ3) is 2.73. The summed E-state index contributed by atoms with van der Waals surface area (Å²) in [5.41, 5.74) is 0. The molecule has 0 aliphatic heterocycles. The largest absolute Gasteiger partial charge is 0.481 e. The molecule has 0 unspecified atom stereocenters. The highest BCUT2D eigenvalue weighted by molar-refractivity contribution is 7.60. The number of hydrogen-bond acceptors (Lipinski definition) is 3. The monoisotopic (exact) mass is 272 g/mol. The molecule has 7 heteroatoms. The molecule has 0 aliphatic carbocycles. The maximum absolute atomic E-state index is 11.1. The average Bonchev–Trinajstić information content (AvgIpc) is 2.55. The van der Waals surface area contributed by atoms with Crippen molar-refractivity contribution < 1.29 is 24.3 Å². The van der Waals surface area contributed by atoms with Crippen LogP contribution in [-0.2, 0) is 15.8 Å². The molecule has 0 radical (unpaired) electrons. The zero-order chi connectivity index (χ0) is 12.6. The predicted molar refractivity (Wildman–Crippen MR) is 64.8 cm³/mol. The SMILES string of the molecule is O=C(O)Cc1cc2cc(P(=O)(O)O)ccc2s1. The van der Waals surface area contributed by atoms with Crippen molar-refractivity contribution in [3.8, 4) is 0 Å². The minimum atomic E-state index is -4.25. The first-order chi connectivity index (χ1) is 7.86. The first kappa shape index (κ1) is 12.3. The molecule has 1 aromatic heterocycles. The highest BCUT2D eigenvalue weighted by Gasteiger charge is 2.17. The lowest BCUT2D eigenvalue weighted by Gasteiger charge is -2.02. The second-order valence-corrected chi connectivity index (χ2v) is 6.32. The normalized spacial score (nSPS) is 11.9. The molecule has 0 spiro atoms. The van der Waals surface area contributed by atoms with Gasteiger partial charge in [0.2, 0.25) is 0 Å². The van der Waals surface area contributed by atoms with Gasteiger partial charge in [-0.3, -0.25) is 9.36 Å². The van der Waals surface area contributed by atoms with E-state index in [9.17, 15) is 9.36 Å². The van der Waals surface area contributed by atoms with E-state index in [0.717, 1.165) is 4.70 Å². The van der Waals surface area contributed by atoms with Gasteiger partial charge in [0.25, 0.3) is 0 Å². The van der Waals surface area contributed by atoms with Crippen molar-refractivity contribution in [2.24, 2.45) is 0 Å². The first-order valence-electron chi connectivity index (χ1n) is 4.66. The molecule has 0 saturated heterocycles. The Balaban J connectivity index is 2.48. The molecule has 5 nitrogen and oxygen atoms in total. The zero-order valence-corrected chi connectivity index (χ0v) is 10.2. The Bertz CT molecular complexity index is 627. The highest BCUT2D eigenvalue weighted by Crippen LogP contribution is 2.35. The van der Waals surface area contributed by atoms with Gasteiger partial charge in [-0.15, -0.1) is 11.3 Å². The molecule has 0 fully saturated rings. The van der Waals surface area contributed by atoms with Crippen LogP contribution in [0.1, 0.15) is 4.88 Å². The van der Waals surface area contributed by atoms with E-state index in [0.29, 0.717) is 10.3 Å². The van der Waals surface area contributed by atoms with Crippen LogP contribution < -0.4 is 5.30 Å². The lowest BCUT2D eigenvalue weighted by molar-refractivity contribution is -0.136. The predicted octanol–water partition coefficient (Wildman–Crippen LogP) is 1.33. The number of thiophene rings is 1. The summed E-state index contributed by atoms with van der Waals surface area (Å²) in [5, 5.41) is 9.27. The number of fused-ring (bicyclic) bond motifs is 1. The molecule has 17 heavy (non-hydrogen) atoms. The zero-order valence-electron chi connectivity index (χ0n) is 8.53. The minimum absolute atomic E-state index is 0.0512. The van der Waals surface area contributed by atoms with Gasteiger partial charge in [-0.25, -0.2) is 0 Å². The molecular formula is C10H9O5PS. The summed E-state index contributed by atoms with van der Waals surface area (Å²) in [6.07, 6.45) is -0.0788. The van der Waals surface area contributed by atoms with Gasteiger partial charge in [-0.2, -0.15) is 0 Å². The van der Waals surface area contributed by atoms with E-state index in [-0.39, 0.29) is 11.7 Å².